The molecule has 0 bridgehead atoms. The number of pyridine rings is 1. The monoisotopic (exact) mass is 392 g/mol. The summed E-state index contributed by atoms with van der Waals surface area (Å²) in [6.07, 6.45) is -0.316. The first-order chi connectivity index (χ1) is 13.5. The summed E-state index contributed by atoms with van der Waals surface area (Å²) in [5.74, 6) is 0.993. The first-order valence-electron chi connectivity index (χ1n) is 9.20. The number of rotatable bonds is 11. The molecule has 0 saturated carbocycles. The van der Waals surface area contributed by atoms with Crippen LogP contribution in [0.1, 0.15) is 18.3 Å². The molecule has 28 heavy (non-hydrogen) atoms. The number of hydrogen-bond donors (Lipinski definition) is 4. The number of hydrogen-bond acceptors (Lipinski definition) is 7. The lowest BCUT2D eigenvalue weighted by atomic mass is 10.2. The highest BCUT2D eigenvalue weighted by molar-refractivity contribution is 5.39. The van der Waals surface area contributed by atoms with Crippen LogP contribution >= 0.6 is 0 Å². The number of aromatic hydroxyl groups is 1. The highest BCUT2D eigenvalue weighted by Crippen LogP contribution is 2.25. The molecule has 0 aliphatic heterocycles. The van der Waals surface area contributed by atoms with Gasteiger partial charge in [0.1, 0.15) is 19.3 Å². The highest BCUT2D eigenvalue weighted by Gasteiger charge is 2.15. The van der Waals surface area contributed by atoms with Crippen LogP contribution in [0.2, 0.25) is 0 Å². The summed E-state index contributed by atoms with van der Waals surface area (Å²) < 4.78 is 16.3. The van der Waals surface area contributed by atoms with Gasteiger partial charge in [0.15, 0.2) is 23.0 Å². The van der Waals surface area contributed by atoms with Gasteiger partial charge in [-0.15, -0.1) is 0 Å². The fourth-order valence-corrected chi connectivity index (χ4v) is 2.67. The van der Waals surface area contributed by atoms with Gasteiger partial charge in [-0.1, -0.05) is 19.1 Å². The van der Waals surface area contributed by atoms with Gasteiger partial charge in [0, 0.05) is 13.1 Å². The summed E-state index contributed by atoms with van der Waals surface area (Å²) in [4.78, 5) is 15.1. The molecule has 1 atom stereocenters. The average Bonchev–Trinajstić information content (AvgIpc) is 2.70. The van der Waals surface area contributed by atoms with E-state index in [2.05, 4.69) is 10.3 Å². The molecular weight excluding hydrogens is 364 g/mol. The van der Waals surface area contributed by atoms with Crippen molar-refractivity contribution in [2.75, 3.05) is 33.4 Å². The summed E-state index contributed by atoms with van der Waals surface area (Å²) in [6, 6.07) is 7.36. The zero-order valence-electron chi connectivity index (χ0n) is 16.4. The molecule has 1 aromatic heterocycles. The molecule has 0 spiro atoms. The predicted octanol–water partition coefficient (Wildman–Crippen LogP) is 1.37. The normalized spacial score (nSPS) is 11.9. The fraction of sp³-hybridized carbons (Fsp3) is 0.450. The number of aryl methyl sites for hydroxylation is 2. The minimum absolute atomic E-state index is 0.0215. The molecular formula is C20H28N2O6. The second-order valence-corrected chi connectivity index (χ2v) is 6.26. The van der Waals surface area contributed by atoms with Crippen LogP contribution in [0.4, 0.5) is 0 Å². The first kappa shape index (κ1) is 21.6. The van der Waals surface area contributed by atoms with Gasteiger partial charge in [-0.2, -0.15) is 0 Å². The Balaban J connectivity index is 1.74. The maximum atomic E-state index is 12.1. The second-order valence-electron chi connectivity index (χ2n) is 6.26. The lowest BCUT2D eigenvalue weighted by molar-refractivity contribution is 0.104. The fourth-order valence-electron chi connectivity index (χ4n) is 2.67. The Labute approximate surface area is 164 Å². The van der Waals surface area contributed by atoms with Crippen molar-refractivity contribution in [3.8, 4) is 23.0 Å². The molecule has 0 saturated heterocycles. The van der Waals surface area contributed by atoms with Crippen molar-refractivity contribution in [2.24, 2.45) is 0 Å². The van der Waals surface area contributed by atoms with Crippen molar-refractivity contribution in [2.45, 2.75) is 26.4 Å². The van der Waals surface area contributed by atoms with Crippen molar-refractivity contribution in [1.29, 1.82) is 0 Å². The van der Waals surface area contributed by atoms with Crippen molar-refractivity contribution >= 4 is 0 Å². The Morgan fingerprint density at radius 3 is 2.61 bits per heavy atom. The zero-order chi connectivity index (χ0) is 20.5. The lowest BCUT2D eigenvalue weighted by Crippen LogP contribution is -2.34. The topological polar surface area (TPSA) is 113 Å². The number of ether oxygens (including phenoxy) is 3. The summed E-state index contributed by atoms with van der Waals surface area (Å²) in [7, 11) is 1.58. The number of benzene rings is 1. The zero-order valence-corrected chi connectivity index (χ0v) is 16.4. The molecule has 8 nitrogen and oxygen atoms in total. The number of methoxy groups -OCH3 is 1. The van der Waals surface area contributed by atoms with Crippen molar-refractivity contribution in [3.05, 3.63) is 45.9 Å². The molecule has 1 heterocycles. The van der Waals surface area contributed by atoms with Gasteiger partial charge in [-0.25, -0.2) is 0 Å². The third-order valence-electron chi connectivity index (χ3n) is 4.15. The maximum absolute atomic E-state index is 12.1. The van der Waals surface area contributed by atoms with E-state index in [4.69, 9.17) is 14.2 Å². The summed E-state index contributed by atoms with van der Waals surface area (Å²) in [6.45, 7) is 4.63. The van der Waals surface area contributed by atoms with E-state index >= 15 is 0 Å². The molecule has 0 amide bonds. The van der Waals surface area contributed by atoms with E-state index in [-0.39, 0.29) is 24.7 Å². The second kappa shape index (κ2) is 10.6. The molecule has 2 aromatic rings. The van der Waals surface area contributed by atoms with Crippen LogP contribution in [-0.2, 0) is 6.42 Å². The number of nitrogens with one attached hydrogen (secondary N) is 2. The maximum Gasteiger partial charge on any atom is 0.265 e. The summed E-state index contributed by atoms with van der Waals surface area (Å²) in [5.41, 5.74) is 0.413. The molecule has 0 radical (unpaired) electrons. The van der Waals surface area contributed by atoms with E-state index in [0.717, 1.165) is 0 Å². The SMILES string of the molecule is CCc1[nH]c(C)c(OCC(O)CNCCOc2ccccc2OC)c(=O)c1O. The third kappa shape index (κ3) is 5.64. The Morgan fingerprint density at radius 2 is 1.93 bits per heavy atom. The van der Waals surface area contributed by atoms with Crippen LogP contribution < -0.4 is 25.0 Å². The Kier molecular flexibility index (Phi) is 8.16. The van der Waals surface area contributed by atoms with Crippen LogP contribution in [0.15, 0.2) is 29.1 Å². The molecule has 1 unspecified atom stereocenters. The lowest BCUT2D eigenvalue weighted by Gasteiger charge is -2.15. The third-order valence-corrected chi connectivity index (χ3v) is 4.15. The van der Waals surface area contributed by atoms with Crippen LogP contribution in [-0.4, -0.2) is 54.7 Å². The summed E-state index contributed by atoms with van der Waals surface area (Å²) >= 11 is 0. The number of H-pyrrole nitrogens is 1. The standard InChI is InChI=1S/C20H28N2O6/c1-4-15-18(24)19(25)20(13(2)22-15)28-12-14(23)11-21-9-10-27-17-8-6-5-7-16(17)26-3/h5-8,14,21,23-24H,4,9-12H2,1-3H3,(H,22,25). The van der Waals surface area contributed by atoms with Crippen molar-refractivity contribution in [1.82, 2.24) is 10.3 Å². The number of aliphatic hydroxyl groups is 1. The smallest absolute Gasteiger partial charge is 0.265 e. The molecule has 0 aliphatic rings. The van der Waals surface area contributed by atoms with Gasteiger partial charge in [0.25, 0.3) is 5.43 Å². The van der Waals surface area contributed by atoms with Crippen LogP contribution in [0.3, 0.4) is 0 Å². The largest absolute Gasteiger partial charge is 0.503 e. The number of aromatic nitrogens is 1. The Hall–Kier alpha value is -2.71. The minimum atomic E-state index is -0.821. The quantitative estimate of drug-likeness (QED) is 0.427. The molecule has 154 valence electrons. The van der Waals surface area contributed by atoms with Crippen LogP contribution in [0, 0.1) is 6.92 Å². The summed E-state index contributed by atoms with van der Waals surface area (Å²) in [5, 5.41) is 23.0. The van der Waals surface area contributed by atoms with Gasteiger partial charge in [-0.05, 0) is 25.5 Å². The van der Waals surface area contributed by atoms with E-state index < -0.39 is 11.5 Å². The number of para-hydroxylation sites is 2. The van der Waals surface area contributed by atoms with Gasteiger partial charge in [0.2, 0.25) is 0 Å². The van der Waals surface area contributed by atoms with Gasteiger partial charge in [-0.3, -0.25) is 4.79 Å². The van der Waals surface area contributed by atoms with E-state index in [0.29, 0.717) is 42.5 Å². The molecule has 0 aliphatic carbocycles. The molecule has 0 fully saturated rings. The molecule has 4 N–H and O–H groups in total. The van der Waals surface area contributed by atoms with Crippen molar-refractivity contribution < 1.29 is 24.4 Å². The van der Waals surface area contributed by atoms with E-state index in [1.165, 1.54) is 0 Å². The molecule has 1 aromatic carbocycles. The number of aromatic amines is 1. The van der Waals surface area contributed by atoms with E-state index in [1.54, 1.807) is 14.0 Å². The van der Waals surface area contributed by atoms with Gasteiger partial charge >= 0.3 is 0 Å². The first-order valence-corrected chi connectivity index (χ1v) is 9.20. The predicted molar refractivity (Wildman–Crippen MR) is 106 cm³/mol. The van der Waals surface area contributed by atoms with Crippen LogP contribution in [0.25, 0.3) is 0 Å². The van der Waals surface area contributed by atoms with Crippen LogP contribution in [0.5, 0.6) is 23.0 Å². The van der Waals surface area contributed by atoms with Gasteiger partial charge in [0.05, 0.1) is 18.5 Å². The van der Waals surface area contributed by atoms with Gasteiger partial charge < -0.3 is 34.7 Å². The Bertz CT molecular complexity index is 821. The van der Waals surface area contributed by atoms with E-state index in [9.17, 15) is 15.0 Å². The van der Waals surface area contributed by atoms with E-state index in [1.807, 2.05) is 31.2 Å². The average molecular weight is 392 g/mol. The number of aliphatic hydroxyl groups excluding tert-OH is 1. The van der Waals surface area contributed by atoms with Crippen molar-refractivity contribution in [3.63, 3.8) is 0 Å². The Morgan fingerprint density at radius 1 is 1.21 bits per heavy atom. The minimum Gasteiger partial charge on any atom is -0.503 e. The molecule has 8 heteroatoms. The highest BCUT2D eigenvalue weighted by atomic mass is 16.5. The molecule has 2 rings (SSSR count).